The van der Waals surface area contributed by atoms with Crippen LogP contribution in [-0.2, 0) is 16.0 Å². The van der Waals surface area contributed by atoms with Gasteiger partial charge in [0.25, 0.3) is 5.91 Å². The van der Waals surface area contributed by atoms with Gasteiger partial charge in [-0.25, -0.2) is 15.0 Å². The fraction of sp³-hybridized carbons (Fsp3) is 0.400. The monoisotopic (exact) mass is 347 g/mol. The summed E-state index contributed by atoms with van der Waals surface area (Å²) < 4.78 is 5.46. The van der Waals surface area contributed by atoms with Gasteiger partial charge in [-0.05, 0) is 18.9 Å². The van der Waals surface area contributed by atoms with E-state index in [1.807, 2.05) is 0 Å². The molecule has 2 aromatic heterocycles. The van der Waals surface area contributed by atoms with E-state index >= 15 is 0 Å². The lowest BCUT2D eigenvalue weighted by molar-refractivity contribution is -0.121. The number of thiazole rings is 1. The molecule has 1 fully saturated rings. The molecule has 1 aliphatic heterocycles. The lowest BCUT2D eigenvalue weighted by atomic mass is 10.2. The van der Waals surface area contributed by atoms with E-state index in [0.29, 0.717) is 17.4 Å². The SMILES string of the molecule is O=C(Cc1csc(NC(=O)c2ncccn2)n1)NCC1CCCO1. The third kappa shape index (κ3) is 4.56. The number of amides is 2. The zero-order valence-electron chi connectivity index (χ0n) is 12.9. The van der Waals surface area contributed by atoms with E-state index in [-0.39, 0.29) is 24.3 Å². The van der Waals surface area contributed by atoms with Crippen molar-refractivity contribution in [3.05, 3.63) is 35.4 Å². The van der Waals surface area contributed by atoms with E-state index in [2.05, 4.69) is 25.6 Å². The Morgan fingerprint density at radius 1 is 1.33 bits per heavy atom. The maximum atomic E-state index is 11.9. The predicted octanol–water partition coefficient (Wildman–Crippen LogP) is 1.02. The second-order valence-electron chi connectivity index (χ2n) is 5.29. The first-order valence-corrected chi connectivity index (χ1v) is 8.50. The van der Waals surface area contributed by atoms with E-state index in [9.17, 15) is 9.59 Å². The van der Waals surface area contributed by atoms with Gasteiger partial charge in [0.05, 0.1) is 18.2 Å². The Morgan fingerprint density at radius 2 is 2.17 bits per heavy atom. The fourth-order valence-electron chi connectivity index (χ4n) is 2.27. The van der Waals surface area contributed by atoms with E-state index < -0.39 is 5.91 Å². The first-order valence-electron chi connectivity index (χ1n) is 7.62. The molecule has 126 valence electrons. The molecule has 9 heteroatoms. The van der Waals surface area contributed by atoms with E-state index in [4.69, 9.17) is 4.74 Å². The van der Waals surface area contributed by atoms with Crippen molar-refractivity contribution in [2.24, 2.45) is 0 Å². The molecule has 0 radical (unpaired) electrons. The Morgan fingerprint density at radius 3 is 2.92 bits per heavy atom. The predicted molar refractivity (Wildman–Crippen MR) is 87.8 cm³/mol. The third-order valence-electron chi connectivity index (χ3n) is 3.43. The minimum atomic E-state index is -0.431. The molecule has 2 aromatic rings. The van der Waals surface area contributed by atoms with Crippen LogP contribution in [0.1, 0.15) is 29.2 Å². The number of hydrogen-bond acceptors (Lipinski definition) is 7. The summed E-state index contributed by atoms with van der Waals surface area (Å²) in [5.41, 5.74) is 0.606. The third-order valence-corrected chi connectivity index (χ3v) is 4.24. The molecule has 1 unspecified atom stereocenters. The highest BCUT2D eigenvalue weighted by molar-refractivity contribution is 7.14. The summed E-state index contributed by atoms with van der Waals surface area (Å²) in [6.45, 7) is 1.29. The second-order valence-corrected chi connectivity index (χ2v) is 6.14. The van der Waals surface area contributed by atoms with Crippen LogP contribution in [0, 0.1) is 0 Å². The summed E-state index contributed by atoms with van der Waals surface area (Å²) in [5, 5.41) is 7.62. The molecular weight excluding hydrogens is 330 g/mol. The van der Waals surface area contributed by atoms with E-state index in [1.165, 1.54) is 23.7 Å². The smallest absolute Gasteiger partial charge is 0.295 e. The number of rotatable bonds is 6. The topological polar surface area (TPSA) is 106 Å². The maximum absolute atomic E-state index is 11.9. The fourth-order valence-corrected chi connectivity index (χ4v) is 2.98. The first-order chi connectivity index (χ1) is 11.7. The van der Waals surface area contributed by atoms with Gasteiger partial charge in [-0.1, -0.05) is 0 Å². The minimum absolute atomic E-state index is 0.0727. The van der Waals surface area contributed by atoms with Crippen molar-refractivity contribution in [1.29, 1.82) is 0 Å². The minimum Gasteiger partial charge on any atom is -0.376 e. The van der Waals surface area contributed by atoms with Crippen molar-refractivity contribution < 1.29 is 14.3 Å². The number of nitrogens with zero attached hydrogens (tertiary/aromatic N) is 3. The molecule has 0 spiro atoms. The highest BCUT2D eigenvalue weighted by Crippen LogP contribution is 2.16. The summed E-state index contributed by atoms with van der Waals surface area (Å²) in [4.78, 5) is 35.8. The van der Waals surface area contributed by atoms with Crippen molar-refractivity contribution in [1.82, 2.24) is 20.3 Å². The Bertz CT molecular complexity index is 700. The first kappa shape index (κ1) is 16.5. The number of ether oxygens (including phenoxy) is 1. The van der Waals surface area contributed by atoms with Crippen LogP contribution in [0.5, 0.6) is 0 Å². The van der Waals surface area contributed by atoms with Gasteiger partial charge in [-0.3, -0.25) is 14.9 Å². The van der Waals surface area contributed by atoms with Gasteiger partial charge in [0.2, 0.25) is 11.7 Å². The number of hydrogen-bond donors (Lipinski definition) is 2. The molecule has 0 bridgehead atoms. The van der Waals surface area contributed by atoms with Crippen LogP contribution in [0.25, 0.3) is 0 Å². The van der Waals surface area contributed by atoms with Gasteiger partial charge >= 0.3 is 0 Å². The summed E-state index contributed by atoms with van der Waals surface area (Å²) >= 11 is 1.25. The number of carbonyl (C=O) groups is 2. The summed E-state index contributed by atoms with van der Waals surface area (Å²) in [6.07, 6.45) is 5.29. The number of carbonyl (C=O) groups excluding carboxylic acids is 2. The van der Waals surface area contributed by atoms with Crippen LogP contribution in [0.15, 0.2) is 23.8 Å². The molecule has 0 saturated carbocycles. The van der Waals surface area contributed by atoms with Crippen molar-refractivity contribution in [2.75, 3.05) is 18.5 Å². The zero-order valence-corrected chi connectivity index (χ0v) is 13.7. The molecule has 2 N–H and O–H groups in total. The lowest BCUT2D eigenvalue weighted by Crippen LogP contribution is -2.32. The molecule has 0 aliphatic carbocycles. The molecule has 1 atom stereocenters. The van der Waals surface area contributed by atoms with Crippen molar-refractivity contribution in [3.8, 4) is 0 Å². The average molecular weight is 347 g/mol. The normalized spacial score (nSPS) is 16.8. The van der Waals surface area contributed by atoms with Crippen LogP contribution < -0.4 is 10.6 Å². The Balaban J connectivity index is 1.48. The molecule has 24 heavy (non-hydrogen) atoms. The van der Waals surface area contributed by atoms with Crippen LogP contribution >= 0.6 is 11.3 Å². The standard InChI is InChI=1S/C15H17N5O3S/c21-12(18-8-11-3-1-6-23-11)7-10-9-24-15(19-10)20-14(22)13-16-4-2-5-17-13/h2,4-5,9,11H,1,3,6-8H2,(H,18,21)(H,19,20,22). The molecule has 0 aromatic carbocycles. The average Bonchev–Trinajstić information content (AvgIpc) is 3.26. The quantitative estimate of drug-likeness (QED) is 0.808. The summed E-state index contributed by atoms with van der Waals surface area (Å²) in [7, 11) is 0. The number of aromatic nitrogens is 3. The van der Waals surface area contributed by atoms with Crippen molar-refractivity contribution in [2.45, 2.75) is 25.4 Å². The molecule has 2 amide bonds. The number of nitrogens with one attached hydrogen (secondary N) is 2. The molecule has 3 heterocycles. The molecular formula is C15H17N5O3S. The molecule has 8 nitrogen and oxygen atoms in total. The Labute approximate surface area is 142 Å². The van der Waals surface area contributed by atoms with Crippen molar-refractivity contribution in [3.63, 3.8) is 0 Å². The van der Waals surface area contributed by atoms with E-state index in [0.717, 1.165) is 19.4 Å². The highest BCUT2D eigenvalue weighted by Gasteiger charge is 2.17. The van der Waals surface area contributed by atoms with Crippen LogP contribution in [-0.4, -0.2) is 46.0 Å². The van der Waals surface area contributed by atoms with Gasteiger partial charge in [0.1, 0.15) is 0 Å². The van der Waals surface area contributed by atoms with Crippen LogP contribution in [0.3, 0.4) is 0 Å². The summed E-state index contributed by atoms with van der Waals surface area (Å²) in [5.74, 6) is -0.469. The number of anilines is 1. The van der Waals surface area contributed by atoms with E-state index in [1.54, 1.807) is 11.4 Å². The molecule has 1 aliphatic rings. The van der Waals surface area contributed by atoms with Gasteiger partial charge in [0, 0.05) is 30.9 Å². The Kier molecular flexibility index (Phi) is 5.44. The lowest BCUT2D eigenvalue weighted by Gasteiger charge is -2.09. The van der Waals surface area contributed by atoms with Crippen LogP contribution in [0.2, 0.25) is 0 Å². The molecule has 1 saturated heterocycles. The molecule has 3 rings (SSSR count). The Hall–Kier alpha value is -2.39. The zero-order chi connectivity index (χ0) is 16.8. The van der Waals surface area contributed by atoms with Gasteiger partial charge < -0.3 is 10.1 Å². The van der Waals surface area contributed by atoms with Crippen molar-refractivity contribution >= 4 is 28.3 Å². The van der Waals surface area contributed by atoms with Gasteiger partial charge in [-0.15, -0.1) is 11.3 Å². The summed E-state index contributed by atoms with van der Waals surface area (Å²) in [6, 6.07) is 1.63. The van der Waals surface area contributed by atoms with Gasteiger partial charge in [-0.2, -0.15) is 0 Å². The maximum Gasteiger partial charge on any atom is 0.295 e. The second kappa shape index (κ2) is 7.93. The van der Waals surface area contributed by atoms with Gasteiger partial charge in [0.15, 0.2) is 5.13 Å². The van der Waals surface area contributed by atoms with Crippen LogP contribution in [0.4, 0.5) is 5.13 Å². The highest BCUT2D eigenvalue weighted by atomic mass is 32.1. The largest absolute Gasteiger partial charge is 0.376 e.